The first-order valence-electron chi connectivity index (χ1n) is 8.55. The van der Waals surface area contributed by atoms with Crippen molar-refractivity contribution in [1.82, 2.24) is 0 Å². The third-order valence-corrected chi connectivity index (χ3v) is 3.60. The second-order valence-electron chi connectivity index (χ2n) is 7.23. The van der Waals surface area contributed by atoms with Crippen LogP contribution >= 0.6 is 0 Å². The van der Waals surface area contributed by atoms with Crippen molar-refractivity contribution in [2.24, 2.45) is 15.6 Å². The molecule has 0 bridgehead atoms. The molecule has 140 valence electrons. The number of nitrogens with one attached hydrogen (secondary N) is 2. The number of anilines is 2. The lowest BCUT2D eigenvalue weighted by Gasteiger charge is -2.17. The number of rotatable bonds is 5. The van der Waals surface area contributed by atoms with Gasteiger partial charge in [-0.15, -0.1) is 0 Å². The summed E-state index contributed by atoms with van der Waals surface area (Å²) >= 11 is 0. The molecule has 0 heterocycles. The van der Waals surface area contributed by atoms with Crippen molar-refractivity contribution in [3.8, 4) is 0 Å². The maximum atomic E-state index is 12.0. The van der Waals surface area contributed by atoms with Crippen molar-refractivity contribution in [1.29, 1.82) is 0 Å². The Morgan fingerprint density at radius 1 is 0.815 bits per heavy atom. The first-order chi connectivity index (χ1) is 12.6. The molecule has 0 saturated heterocycles. The van der Waals surface area contributed by atoms with Gasteiger partial charge in [0.25, 0.3) is 5.91 Å². The lowest BCUT2D eigenvalue weighted by molar-refractivity contribution is -0.123. The van der Waals surface area contributed by atoms with Crippen LogP contribution in [0, 0.1) is 5.41 Å². The van der Waals surface area contributed by atoms with Gasteiger partial charge < -0.3 is 10.6 Å². The average Bonchev–Trinajstić information content (AvgIpc) is 2.61. The van der Waals surface area contributed by atoms with E-state index in [-0.39, 0.29) is 11.8 Å². The van der Waals surface area contributed by atoms with Crippen molar-refractivity contribution in [2.45, 2.75) is 27.7 Å². The lowest BCUT2D eigenvalue weighted by Crippen LogP contribution is -2.27. The fourth-order valence-corrected chi connectivity index (χ4v) is 1.89. The minimum Gasteiger partial charge on any atom is -0.326 e. The highest BCUT2D eigenvalue weighted by Crippen LogP contribution is 2.23. The zero-order valence-corrected chi connectivity index (χ0v) is 16.0. The molecule has 0 unspecified atom stereocenters. The highest BCUT2D eigenvalue weighted by Gasteiger charge is 2.20. The van der Waals surface area contributed by atoms with Gasteiger partial charge in [-0.25, -0.2) is 0 Å². The summed E-state index contributed by atoms with van der Waals surface area (Å²) in [6.45, 7) is 10.8. The molecule has 2 amide bonds. The predicted molar refractivity (Wildman–Crippen MR) is 109 cm³/mol. The Labute approximate surface area is 159 Å². The second kappa shape index (κ2) is 8.40. The van der Waals surface area contributed by atoms with Crippen molar-refractivity contribution < 1.29 is 9.59 Å². The van der Waals surface area contributed by atoms with E-state index >= 15 is 0 Å². The quantitative estimate of drug-likeness (QED) is 0.534. The average molecular weight is 364 g/mol. The summed E-state index contributed by atoms with van der Waals surface area (Å²) in [4.78, 5) is 23.6. The van der Waals surface area contributed by atoms with E-state index in [0.717, 1.165) is 0 Å². The molecule has 2 aromatic rings. The molecule has 6 heteroatoms. The Balaban J connectivity index is 1.98. The lowest BCUT2D eigenvalue weighted by atomic mass is 9.95. The van der Waals surface area contributed by atoms with Gasteiger partial charge in [0.1, 0.15) is 0 Å². The van der Waals surface area contributed by atoms with Gasteiger partial charge in [-0.1, -0.05) is 27.4 Å². The van der Waals surface area contributed by atoms with Crippen LogP contribution < -0.4 is 10.6 Å². The summed E-state index contributed by atoms with van der Waals surface area (Å²) < 4.78 is 0. The molecular formula is C21H24N4O2. The molecule has 6 nitrogen and oxygen atoms in total. The molecule has 0 aliphatic carbocycles. The highest BCUT2D eigenvalue weighted by atomic mass is 16.2. The van der Waals surface area contributed by atoms with Gasteiger partial charge in [0.15, 0.2) is 0 Å². The van der Waals surface area contributed by atoms with Crippen LogP contribution in [0.1, 0.15) is 27.7 Å². The fraction of sp³-hybridized carbons (Fsp3) is 0.238. The Morgan fingerprint density at radius 3 is 1.59 bits per heavy atom. The number of amides is 2. The standard InChI is InChI=1S/C21H24N4O2/c1-14(2)19(26)22-15-6-10-17(11-7-15)24-25-18-12-8-16(9-13-18)23-20(27)21(3,4)5/h6-13H,1H2,2-5H3,(H,22,26)(H,23,27). The van der Waals surface area contributed by atoms with Gasteiger partial charge in [-0.3, -0.25) is 9.59 Å². The Hall–Kier alpha value is -3.28. The monoisotopic (exact) mass is 364 g/mol. The zero-order chi connectivity index (χ0) is 20.0. The highest BCUT2D eigenvalue weighted by molar-refractivity contribution is 6.02. The Kier molecular flexibility index (Phi) is 6.23. The Bertz CT molecular complexity index is 861. The van der Waals surface area contributed by atoms with Crippen LogP contribution in [0.15, 0.2) is 70.9 Å². The number of hydrogen-bond acceptors (Lipinski definition) is 4. The van der Waals surface area contributed by atoms with Gasteiger partial charge >= 0.3 is 0 Å². The van der Waals surface area contributed by atoms with E-state index in [2.05, 4.69) is 27.4 Å². The summed E-state index contributed by atoms with van der Waals surface area (Å²) in [5.41, 5.74) is 2.71. The normalized spacial score (nSPS) is 11.3. The summed E-state index contributed by atoms with van der Waals surface area (Å²) in [6, 6.07) is 14.2. The van der Waals surface area contributed by atoms with Crippen LogP contribution in [0.25, 0.3) is 0 Å². The first kappa shape index (κ1) is 20.0. The maximum absolute atomic E-state index is 12.0. The number of carbonyl (C=O) groups is 2. The summed E-state index contributed by atoms with van der Waals surface area (Å²) in [5, 5.41) is 13.9. The summed E-state index contributed by atoms with van der Waals surface area (Å²) in [7, 11) is 0. The molecule has 0 spiro atoms. The molecule has 0 radical (unpaired) electrons. The van der Waals surface area contributed by atoms with Gasteiger partial charge in [0.2, 0.25) is 5.91 Å². The van der Waals surface area contributed by atoms with E-state index < -0.39 is 5.41 Å². The van der Waals surface area contributed by atoms with E-state index in [1.54, 1.807) is 55.5 Å². The van der Waals surface area contributed by atoms with Crippen molar-refractivity contribution in [2.75, 3.05) is 10.6 Å². The predicted octanol–water partition coefficient (Wildman–Crippen LogP) is 5.60. The number of hydrogen-bond donors (Lipinski definition) is 2. The van der Waals surface area contributed by atoms with Crippen LogP contribution in [0.3, 0.4) is 0 Å². The molecule has 2 N–H and O–H groups in total. The van der Waals surface area contributed by atoms with Crippen LogP contribution in [0.2, 0.25) is 0 Å². The molecule has 0 aromatic heterocycles. The Morgan fingerprint density at radius 2 is 1.22 bits per heavy atom. The number of nitrogens with zero attached hydrogens (tertiary/aromatic N) is 2. The van der Waals surface area contributed by atoms with E-state index in [4.69, 9.17) is 0 Å². The van der Waals surface area contributed by atoms with Crippen LogP contribution in [0.4, 0.5) is 22.7 Å². The van der Waals surface area contributed by atoms with E-state index in [1.807, 2.05) is 20.8 Å². The van der Waals surface area contributed by atoms with Crippen molar-refractivity contribution in [3.63, 3.8) is 0 Å². The minimum absolute atomic E-state index is 0.0456. The number of azo groups is 1. The maximum Gasteiger partial charge on any atom is 0.250 e. The molecule has 2 rings (SSSR count). The molecule has 0 aliphatic heterocycles. The summed E-state index contributed by atoms with van der Waals surface area (Å²) in [6.07, 6.45) is 0. The second-order valence-corrected chi connectivity index (χ2v) is 7.23. The fourth-order valence-electron chi connectivity index (χ4n) is 1.89. The largest absolute Gasteiger partial charge is 0.326 e. The third kappa shape index (κ3) is 6.18. The van der Waals surface area contributed by atoms with Crippen LogP contribution in [-0.4, -0.2) is 11.8 Å². The van der Waals surface area contributed by atoms with E-state index in [9.17, 15) is 9.59 Å². The topological polar surface area (TPSA) is 82.9 Å². The van der Waals surface area contributed by atoms with Gasteiger partial charge in [-0.2, -0.15) is 10.2 Å². The number of carbonyl (C=O) groups excluding carboxylic acids is 2. The van der Waals surface area contributed by atoms with Crippen LogP contribution in [-0.2, 0) is 9.59 Å². The van der Waals surface area contributed by atoms with Crippen molar-refractivity contribution in [3.05, 3.63) is 60.7 Å². The van der Waals surface area contributed by atoms with Gasteiger partial charge in [-0.05, 0) is 55.5 Å². The molecule has 0 fully saturated rings. The zero-order valence-electron chi connectivity index (χ0n) is 16.0. The van der Waals surface area contributed by atoms with E-state index in [1.165, 1.54) is 0 Å². The smallest absolute Gasteiger partial charge is 0.250 e. The molecule has 2 aromatic carbocycles. The minimum atomic E-state index is -0.450. The molecular weight excluding hydrogens is 340 g/mol. The van der Waals surface area contributed by atoms with Gasteiger partial charge in [0, 0.05) is 22.4 Å². The molecule has 0 aliphatic rings. The van der Waals surface area contributed by atoms with Gasteiger partial charge in [0.05, 0.1) is 11.4 Å². The number of benzene rings is 2. The molecule has 27 heavy (non-hydrogen) atoms. The summed E-state index contributed by atoms with van der Waals surface area (Å²) in [5.74, 6) is -0.265. The first-order valence-corrected chi connectivity index (χ1v) is 8.55. The van der Waals surface area contributed by atoms with Crippen molar-refractivity contribution >= 4 is 34.6 Å². The van der Waals surface area contributed by atoms with Crippen LogP contribution in [0.5, 0.6) is 0 Å². The van der Waals surface area contributed by atoms with E-state index in [0.29, 0.717) is 28.3 Å². The SMILES string of the molecule is C=C(C)C(=O)Nc1ccc(N=Nc2ccc(NC(=O)C(C)(C)C)cc2)cc1. The molecule has 0 saturated carbocycles. The third-order valence-electron chi connectivity index (χ3n) is 3.60. The molecule has 0 atom stereocenters.